The van der Waals surface area contributed by atoms with Gasteiger partial charge >= 0.3 is 0 Å². The van der Waals surface area contributed by atoms with Gasteiger partial charge in [0.25, 0.3) is 0 Å². The molecule has 0 aromatic heterocycles. The van der Waals surface area contributed by atoms with E-state index in [1.165, 1.54) is 12.8 Å². The normalized spacial score (nSPS) is 30.1. The van der Waals surface area contributed by atoms with Crippen LogP contribution >= 0.6 is 0 Å². The molecule has 0 aromatic rings. The van der Waals surface area contributed by atoms with Crippen LogP contribution in [-0.4, -0.2) is 30.6 Å². The first-order chi connectivity index (χ1) is 7.74. The summed E-state index contributed by atoms with van der Waals surface area (Å²) >= 11 is 0. The average molecular weight is 225 g/mol. The number of nitrogens with two attached hydrogens (primary N) is 1. The maximum Gasteiger partial charge on any atom is 0.221 e. The molecule has 0 aliphatic heterocycles. The van der Waals surface area contributed by atoms with Crippen LogP contribution in [0.2, 0.25) is 0 Å². The van der Waals surface area contributed by atoms with Crippen LogP contribution in [0.5, 0.6) is 0 Å². The number of hydrogen-bond acceptors (Lipinski definition) is 3. The van der Waals surface area contributed by atoms with Gasteiger partial charge in [-0.05, 0) is 38.5 Å². The minimum Gasteiger partial charge on any atom is -0.353 e. The average Bonchev–Trinajstić information content (AvgIpc) is 3.05. The number of rotatable bonds is 5. The molecular weight excluding hydrogens is 202 g/mol. The molecule has 0 bridgehead atoms. The Bertz CT molecular complexity index is 232. The highest BCUT2D eigenvalue weighted by molar-refractivity contribution is 5.76. The van der Waals surface area contributed by atoms with Crippen molar-refractivity contribution in [1.82, 2.24) is 10.6 Å². The molecule has 0 aromatic carbocycles. The predicted octanol–water partition coefficient (Wildman–Crippen LogP) is 0.515. The molecule has 4 heteroatoms. The lowest BCUT2D eigenvalue weighted by molar-refractivity contribution is -0.121. The smallest absolute Gasteiger partial charge is 0.221 e. The first-order valence-corrected chi connectivity index (χ1v) is 6.52. The van der Waals surface area contributed by atoms with E-state index in [1.54, 1.807) is 0 Å². The zero-order chi connectivity index (χ0) is 11.4. The summed E-state index contributed by atoms with van der Waals surface area (Å²) in [6.45, 7) is 0.804. The topological polar surface area (TPSA) is 67.1 Å². The summed E-state index contributed by atoms with van der Waals surface area (Å²) < 4.78 is 0. The molecule has 4 nitrogen and oxygen atoms in total. The zero-order valence-corrected chi connectivity index (χ0v) is 9.87. The SMILES string of the molecule is NC1CCC(NCCC(=O)NC2CC2)CC1. The zero-order valence-electron chi connectivity index (χ0n) is 9.87. The third kappa shape index (κ3) is 4.10. The Morgan fingerprint density at radius 1 is 1.06 bits per heavy atom. The molecule has 0 atom stereocenters. The Labute approximate surface area is 97.3 Å². The van der Waals surface area contributed by atoms with Crippen LogP contribution < -0.4 is 16.4 Å². The van der Waals surface area contributed by atoms with E-state index in [-0.39, 0.29) is 5.91 Å². The highest BCUT2D eigenvalue weighted by Gasteiger charge is 2.23. The van der Waals surface area contributed by atoms with Crippen LogP contribution in [0.4, 0.5) is 0 Å². The van der Waals surface area contributed by atoms with Gasteiger partial charge in [-0.3, -0.25) is 4.79 Å². The van der Waals surface area contributed by atoms with Crippen molar-refractivity contribution >= 4 is 5.91 Å². The molecule has 2 saturated carbocycles. The molecule has 0 heterocycles. The van der Waals surface area contributed by atoms with Crippen molar-refractivity contribution in [3.8, 4) is 0 Å². The molecule has 2 rings (SSSR count). The summed E-state index contributed by atoms with van der Waals surface area (Å²) in [6.07, 6.45) is 7.49. The molecule has 1 amide bonds. The van der Waals surface area contributed by atoms with E-state index < -0.39 is 0 Å². The Kier molecular flexibility index (Phi) is 4.18. The van der Waals surface area contributed by atoms with Crippen LogP contribution in [0.15, 0.2) is 0 Å². The maximum atomic E-state index is 11.4. The molecule has 0 radical (unpaired) electrons. The van der Waals surface area contributed by atoms with Gasteiger partial charge in [0.05, 0.1) is 0 Å². The second-order valence-electron chi connectivity index (χ2n) is 5.16. The highest BCUT2D eigenvalue weighted by Crippen LogP contribution is 2.19. The van der Waals surface area contributed by atoms with Gasteiger partial charge in [-0.1, -0.05) is 0 Å². The molecule has 92 valence electrons. The Hall–Kier alpha value is -0.610. The fourth-order valence-corrected chi connectivity index (χ4v) is 2.24. The number of amides is 1. The second kappa shape index (κ2) is 5.64. The molecular formula is C12H23N3O. The quantitative estimate of drug-likeness (QED) is 0.639. The summed E-state index contributed by atoms with van der Waals surface area (Å²) in [6, 6.07) is 1.46. The summed E-state index contributed by atoms with van der Waals surface area (Å²) in [5.74, 6) is 0.197. The molecule has 2 fully saturated rings. The number of carbonyl (C=O) groups excluding carboxylic acids is 1. The Morgan fingerprint density at radius 2 is 1.69 bits per heavy atom. The third-order valence-corrected chi connectivity index (χ3v) is 3.50. The van der Waals surface area contributed by atoms with Crippen LogP contribution in [0.3, 0.4) is 0 Å². The second-order valence-corrected chi connectivity index (χ2v) is 5.16. The van der Waals surface area contributed by atoms with Gasteiger partial charge in [-0.25, -0.2) is 0 Å². The van der Waals surface area contributed by atoms with Crippen LogP contribution in [-0.2, 0) is 4.79 Å². The largest absolute Gasteiger partial charge is 0.353 e. The van der Waals surface area contributed by atoms with Crippen LogP contribution in [0.1, 0.15) is 44.9 Å². The van der Waals surface area contributed by atoms with Gasteiger partial charge in [0.1, 0.15) is 0 Å². The molecule has 2 aliphatic carbocycles. The van der Waals surface area contributed by atoms with Gasteiger partial charge < -0.3 is 16.4 Å². The highest BCUT2D eigenvalue weighted by atomic mass is 16.1. The van der Waals surface area contributed by atoms with E-state index in [2.05, 4.69) is 10.6 Å². The third-order valence-electron chi connectivity index (χ3n) is 3.50. The van der Waals surface area contributed by atoms with E-state index >= 15 is 0 Å². The molecule has 0 unspecified atom stereocenters. The van der Waals surface area contributed by atoms with Crippen LogP contribution in [0, 0.1) is 0 Å². The summed E-state index contributed by atoms with van der Waals surface area (Å²) in [4.78, 5) is 11.4. The first-order valence-electron chi connectivity index (χ1n) is 6.52. The number of carbonyl (C=O) groups is 1. The van der Waals surface area contributed by atoms with E-state index in [1.807, 2.05) is 0 Å². The standard InChI is InChI=1S/C12H23N3O/c13-9-1-3-10(4-2-9)14-8-7-12(16)15-11-5-6-11/h9-11,14H,1-8,13H2,(H,15,16). The monoisotopic (exact) mass is 225 g/mol. The minimum absolute atomic E-state index is 0.197. The molecule has 16 heavy (non-hydrogen) atoms. The Morgan fingerprint density at radius 3 is 2.31 bits per heavy atom. The summed E-state index contributed by atoms with van der Waals surface area (Å²) in [5.41, 5.74) is 5.84. The fraction of sp³-hybridized carbons (Fsp3) is 0.917. The Balaban J connectivity index is 1.51. The minimum atomic E-state index is 0.197. The lowest BCUT2D eigenvalue weighted by Crippen LogP contribution is -2.39. The van der Waals surface area contributed by atoms with Gasteiger partial charge in [0.15, 0.2) is 0 Å². The van der Waals surface area contributed by atoms with Crippen molar-refractivity contribution in [2.75, 3.05) is 6.54 Å². The van der Waals surface area contributed by atoms with Crippen molar-refractivity contribution in [2.45, 2.75) is 63.1 Å². The molecule has 2 aliphatic rings. The van der Waals surface area contributed by atoms with Crippen molar-refractivity contribution in [3.05, 3.63) is 0 Å². The molecule has 0 spiro atoms. The molecule has 4 N–H and O–H groups in total. The fourth-order valence-electron chi connectivity index (χ4n) is 2.24. The van der Waals surface area contributed by atoms with Crippen LogP contribution in [0.25, 0.3) is 0 Å². The van der Waals surface area contributed by atoms with E-state index in [0.29, 0.717) is 24.5 Å². The predicted molar refractivity (Wildman–Crippen MR) is 64.0 cm³/mol. The van der Waals surface area contributed by atoms with Gasteiger partial charge in [0.2, 0.25) is 5.91 Å². The van der Waals surface area contributed by atoms with E-state index in [4.69, 9.17) is 5.73 Å². The van der Waals surface area contributed by atoms with Crippen molar-refractivity contribution < 1.29 is 4.79 Å². The lowest BCUT2D eigenvalue weighted by Gasteiger charge is -2.26. The first kappa shape index (κ1) is 11.9. The number of nitrogens with one attached hydrogen (secondary N) is 2. The van der Waals surface area contributed by atoms with Crippen molar-refractivity contribution in [1.29, 1.82) is 0 Å². The van der Waals surface area contributed by atoms with Crippen molar-refractivity contribution in [2.24, 2.45) is 5.73 Å². The lowest BCUT2D eigenvalue weighted by atomic mass is 9.92. The summed E-state index contributed by atoms with van der Waals surface area (Å²) in [7, 11) is 0. The molecule has 0 saturated heterocycles. The van der Waals surface area contributed by atoms with E-state index in [0.717, 1.165) is 32.2 Å². The van der Waals surface area contributed by atoms with Gasteiger partial charge in [-0.15, -0.1) is 0 Å². The van der Waals surface area contributed by atoms with Crippen molar-refractivity contribution in [3.63, 3.8) is 0 Å². The van der Waals surface area contributed by atoms with Gasteiger partial charge in [-0.2, -0.15) is 0 Å². The van der Waals surface area contributed by atoms with E-state index in [9.17, 15) is 4.79 Å². The number of hydrogen-bond donors (Lipinski definition) is 3. The maximum absolute atomic E-state index is 11.4. The summed E-state index contributed by atoms with van der Waals surface area (Å²) in [5, 5.41) is 6.45. The van der Waals surface area contributed by atoms with Gasteiger partial charge in [0, 0.05) is 31.1 Å².